The molecule has 0 atom stereocenters. The molecular formula is C24H22N2. The van der Waals surface area contributed by atoms with Crippen LogP contribution < -0.4 is 0 Å². The first-order chi connectivity index (χ1) is 12.9. The van der Waals surface area contributed by atoms with Gasteiger partial charge in [0.15, 0.2) is 0 Å². The quantitative estimate of drug-likeness (QED) is 0.465. The molecule has 0 saturated heterocycles. The van der Waals surface area contributed by atoms with Gasteiger partial charge >= 0.3 is 0 Å². The van der Waals surface area contributed by atoms with Crippen molar-refractivity contribution in [2.24, 2.45) is 0 Å². The van der Waals surface area contributed by atoms with E-state index in [1.807, 2.05) is 12.3 Å². The summed E-state index contributed by atoms with van der Waals surface area (Å²) in [6, 6.07) is 32.0. The molecule has 0 aliphatic carbocycles. The lowest BCUT2D eigenvalue weighted by molar-refractivity contribution is 0.245. The molecule has 0 spiro atoms. The molecule has 0 N–H and O–H groups in total. The number of hydrogen-bond acceptors (Lipinski definition) is 2. The molecule has 0 aliphatic rings. The zero-order valence-electron chi connectivity index (χ0n) is 14.8. The summed E-state index contributed by atoms with van der Waals surface area (Å²) in [6.45, 7) is 2.64. The van der Waals surface area contributed by atoms with E-state index in [-0.39, 0.29) is 0 Å². The van der Waals surface area contributed by atoms with Crippen LogP contribution in [0.2, 0.25) is 0 Å². The molecule has 0 saturated carbocycles. The van der Waals surface area contributed by atoms with Crippen LogP contribution in [0.15, 0.2) is 97.2 Å². The first kappa shape index (κ1) is 16.5. The van der Waals surface area contributed by atoms with Crippen LogP contribution in [-0.2, 0) is 19.6 Å². The van der Waals surface area contributed by atoms with Crippen molar-refractivity contribution in [1.82, 2.24) is 9.88 Å². The average molecular weight is 338 g/mol. The summed E-state index contributed by atoms with van der Waals surface area (Å²) in [7, 11) is 0. The molecule has 128 valence electrons. The third-order valence-electron chi connectivity index (χ3n) is 4.58. The number of pyridine rings is 1. The minimum Gasteiger partial charge on any atom is -0.289 e. The van der Waals surface area contributed by atoms with Crippen molar-refractivity contribution < 1.29 is 0 Å². The van der Waals surface area contributed by atoms with Crippen LogP contribution in [0.25, 0.3) is 10.8 Å². The summed E-state index contributed by atoms with van der Waals surface area (Å²) in [4.78, 5) is 6.96. The van der Waals surface area contributed by atoms with E-state index in [0.29, 0.717) is 0 Å². The number of hydrogen-bond donors (Lipinski definition) is 0. The molecular weight excluding hydrogens is 316 g/mol. The molecule has 4 aromatic rings. The first-order valence-corrected chi connectivity index (χ1v) is 9.01. The van der Waals surface area contributed by atoms with Gasteiger partial charge in [0.25, 0.3) is 0 Å². The van der Waals surface area contributed by atoms with Gasteiger partial charge in [-0.15, -0.1) is 0 Å². The summed E-state index contributed by atoms with van der Waals surface area (Å²) in [6.07, 6.45) is 1.87. The summed E-state index contributed by atoms with van der Waals surface area (Å²) < 4.78 is 0. The fraction of sp³-hybridized carbons (Fsp3) is 0.125. The van der Waals surface area contributed by atoms with Crippen LogP contribution in [0.1, 0.15) is 16.8 Å². The van der Waals surface area contributed by atoms with Crippen LogP contribution >= 0.6 is 0 Å². The Labute approximate surface area is 154 Å². The Morgan fingerprint density at radius 2 is 1.31 bits per heavy atom. The summed E-state index contributed by atoms with van der Waals surface area (Å²) in [5.74, 6) is 0. The molecule has 0 amide bonds. The maximum absolute atomic E-state index is 4.51. The zero-order valence-corrected chi connectivity index (χ0v) is 14.8. The molecule has 26 heavy (non-hydrogen) atoms. The van der Waals surface area contributed by atoms with E-state index >= 15 is 0 Å². The highest BCUT2D eigenvalue weighted by Crippen LogP contribution is 2.19. The molecule has 4 rings (SSSR count). The van der Waals surface area contributed by atoms with Crippen molar-refractivity contribution in [1.29, 1.82) is 0 Å². The smallest absolute Gasteiger partial charge is 0.0544 e. The minimum absolute atomic E-state index is 0.836. The van der Waals surface area contributed by atoms with Gasteiger partial charge in [-0.3, -0.25) is 9.88 Å². The topological polar surface area (TPSA) is 16.1 Å². The lowest BCUT2D eigenvalue weighted by Gasteiger charge is -2.22. The maximum atomic E-state index is 4.51. The van der Waals surface area contributed by atoms with Crippen molar-refractivity contribution in [3.8, 4) is 0 Å². The molecule has 0 unspecified atom stereocenters. The third-order valence-corrected chi connectivity index (χ3v) is 4.58. The fourth-order valence-corrected chi connectivity index (χ4v) is 3.33. The molecule has 0 fully saturated rings. The first-order valence-electron chi connectivity index (χ1n) is 9.01. The lowest BCUT2D eigenvalue weighted by Crippen LogP contribution is -2.22. The van der Waals surface area contributed by atoms with Gasteiger partial charge in [0.05, 0.1) is 5.69 Å². The molecule has 1 aromatic heterocycles. The van der Waals surface area contributed by atoms with E-state index in [0.717, 1.165) is 25.3 Å². The van der Waals surface area contributed by atoms with Gasteiger partial charge < -0.3 is 0 Å². The van der Waals surface area contributed by atoms with Gasteiger partial charge in [0, 0.05) is 25.8 Å². The number of nitrogens with zero attached hydrogens (tertiary/aromatic N) is 2. The van der Waals surface area contributed by atoms with Gasteiger partial charge in [-0.05, 0) is 40.1 Å². The van der Waals surface area contributed by atoms with Crippen LogP contribution in [0.3, 0.4) is 0 Å². The normalized spacial score (nSPS) is 11.1. The van der Waals surface area contributed by atoms with E-state index in [1.54, 1.807) is 0 Å². The Morgan fingerprint density at radius 1 is 0.577 bits per heavy atom. The number of benzene rings is 3. The van der Waals surface area contributed by atoms with Crippen molar-refractivity contribution in [2.75, 3.05) is 0 Å². The summed E-state index contributed by atoms with van der Waals surface area (Å²) in [5, 5.41) is 2.58. The van der Waals surface area contributed by atoms with Gasteiger partial charge in [-0.25, -0.2) is 0 Å². The predicted molar refractivity (Wildman–Crippen MR) is 108 cm³/mol. The van der Waals surface area contributed by atoms with Crippen molar-refractivity contribution >= 4 is 10.8 Å². The van der Waals surface area contributed by atoms with Gasteiger partial charge in [-0.2, -0.15) is 0 Å². The largest absolute Gasteiger partial charge is 0.289 e. The second-order valence-electron chi connectivity index (χ2n) is 6.63. The van der Waals surface area contributed by atoms with Crippen LogP contribution in [-0.4, -0.2) is 9.88 Å². The van der Waals surface area contributed by atoms with Crippen LogP contribution in [0.5, 0.6) is 0 Å². The Kier molecular flexibility index (Phi) is 5.04. The van der Waals surface area contributed by atoms with E-state index in [9.17, 15) is 0 Å². The van der Waals surface area contributed by atoms with Crippen molar-refractivity contribution in [3.63, 3.8) is 0 Å². The molecule has 0 bridgehead atoms. The lowest BCUT2D eigenvalue weighted by atomic mass is 10.1. The van der Waals surface area contributed by atoms with E-state index in [2.05, 4.69) is 94.8 Å². The Balaban J connectivity index is 1.58. The highest BCUT2D eigenvalue weighted by Gasteiger charge is 2.09. The second kappa shape index (κ2) is 7.94. The molecule has 3 aromatic carbocycles. The second-order valence-corrected chi connectivity index (χ2v) is 6.63. The average Bonchev–Trinajstić information content (AvgIpc) is 2.69. The standard InChI is InChI=1S/C24H22N2/c1-2-8-20(9-3-1)17-26(19-24-12-6-7-15-25-24)18-21-13-14-22-10-4-5-11-23(22)16-21/h1-16H,17-19H2. The van der Waals surface area contributed by atoms with Gasteiger partial charge in [0.2, 0.25) is 0 Å². The highest BCUT2D eigenvalue weighted by molar-refractivity contribution is 5.82. The van der Waals surface area contributed by atoms with Crippen molar-refractivity contribution in [3.05, 3.63) is 114 Å². The summed E-state index contributed by atoms with van der Waals surface area (Å²) >= 11 is 0. The van der Waals surface area contributed by atoms with E-state index < -0.39 is 0 Å². The minimum atomic E-state index is 0.836. The van der Waals surface area contributed by atoms with E-state index in [1.165, 1.54) is 21.9 Å². The molecule has 2 heteroatoms. The van der Waals surface area contributed by atoms with Crippen LogP contribution in [0, 0.1) is 0 Å². The number of fused-ring (bicyclic) bond motifs is 1. The Hall–Kier alpha value is -2.97. The third kappa shape index (κ3) is 4.16. The fourth-order valence-electron chi connectivity index (χ4n) is 3.33. The molecule has 2 nitrogen and oxygen atoms in total. The Morgan fingerprint density at radius 3 is 2.12 bits per heavy atom. The monoisotopic (exact) mass is 338 g/mol. The maximum Gasteiger partial charge on any atom is 0.0544 e. The van der Waals surface area contributed by atoms with Crippen molar-refractivity contribution in [2.45, 2.75) is 19.6 Å². The highest BCUT2D eigenvalue weighted by atomic mass is 15.1. The number of rotatable bonds is 6. The number of aromatic nitrogens is 1. The van der Waals surface area contributed by atoms with Gasteiger partial charge in [-0.1, -0.05) is 72.8 Å². The SMILES string of the molecule is c1ccc(CN(Cc2ccc3ccccc3c2)Cc2ccccn2)cc1. The molecule has 1 heterocycles. The molecule has 0 radical (unpaired) electrons. The summed E-state index contributed by atoms with van der Waals surface area (Å²) in [5.41, 5.74) is 3.75. The van der Waals surface area contributed by atoms with Gasteiger partial charge in [0.1, 0.15) is 0 Å². The predicted octanol–water partition coefficient (Wildman–Crippen LogP) is 5.44. The Bertz CT molecular complexity index is 923. The molecule has 0 aliphatic heterocycles. The van der Waals surface area contributed by atoms with E-state index in [4.69, 9.17) is 0 Å². The van der Waals surface area contributed by atoms with Crippen LogP contribution in [0.4, 0.5) is 0 Å². The zero-order chi connectivity index (χ0) is 17.6.